The zero-order chi connectivity index (χ0) is 10.9. The maximum Gasteiger partial charge on any atom is 0.257 e. The summed E-state index contributed by atoms with van der Waals surface area (Å²) in [6.45, 7) is 1.34. The van der Waals surface area contributed by atoms with Gasteiger partial charge in [-0.3, -0.25) is 0 Å². The molecule has 0 aliphatic rings. The molecule has 0 unspecified atom stereocenters. The molecule has 0 heterocycles. The maximum atomic E-state index is 13.1. The van der Waals surface area contributed by atoms with Gasteiger partial charge in [0.1, 0.15) is 0 Å². The van der Waals surface area contributed by atoms with Gasteiger partial charge in [0.2, 0.25) is 0 Å². The first-order chi connectivity index (χ1) is 6.45. The predicted octanol–water partition coefficient (Wildman–Crippen LogP) is 2.96. The number of hydrogen-bond acceptors (Lipinski definition) is 1. The van der Waals surface area contributed by atoms with Crippen LogP contribution in [0.25, 0.3) is 0 Å². The Morgan fingerprint density at radius 2 is 1.67 bits per heavy atom. The van der Waals surface area contributed by atoms with E-state index in [1.54, 1.807) is 0 Å². The Hall–Kier alpha value is -0.810. The van der Waals surface area contributed by atoms with Crippen molar-refractivity contribution in [1.29, 1.82) is 0 Å². The van der Waals surface area contributed by atoms with E-state index in [1.807, 2.05) is 0 Å². The van der Waals surface area contributed by atoms with Crippen LogP contribution >= 0.6 is 12.4 Å². The molecule has 0 fully saturated rings. The summed E-state index contributed by atoms with van der Waals surface area (Å²) in [6, 6.07) is 0.505. The lowest BCUT2D eigenvalue weighted by Gasteiger charge is -2.12. The first kappa shape index (κ1) is 14.2. The van der Waals surface area contributed by atoms with Crippen LogP contribution in [0.1, 0.15) is 17.2 Å². The van der Waals surface area contributed by atoms with E-state index in [0.717, 1.165) is 6.07 Å². The van der Waals surface area contributed by atoms with Gasteiger partial charge < -0.3 is 5.73 Å². The monoisotopic (exact) mass is 243 g/mol. The number of rotatable bonds is 2. The van der Waals surface area contributed by atoms with Crippen molar-refractivity contribution >= 4 is 12.4 Å². The fourth-order valence-electron chi connectivity index (χ4n) is 1.05. The molecule has 0 aliphatic heterocycles. The van der Waals surface area contributed by atoms with Crippen LogP contribution in [0.2, 0.25) is 0 Å². The van der Waals surface area contributed by atoms with Crippen LogP contribution in [0.3, 0.4) is 0 Å². The molecule has 0 amide bonds. The highest BCUT2D eigenvalue weighted by atomic mass is 35.5. The molecule has 0 spiro atoms. The average Bonchev–Trinajstić information content (AvgIpc) is 2.13. The minimum atomic E-state index is -2.91. The van der Waals surface area contributed by atoms with E-state index >= 15 is 0 Å². The number of halogens is 5. The first-order valence-electron chi connectivity index (χ1n) is 3.93. The van der Waals surface area contributed by atoms with E-state index in [-0.39, 0.29) is 18.0 Å². The van der Waals surface area contributed by atoms with E-state index in [9.17, 15) is 17.6 Å². The van der Waals surface area contributed by atoms with Crippen LogP contribution in [0.5, 0.6) is 0 Å². The second-order valence-corrected chi connectivity index (χ2v) is 2.96. The molecule has 0 saturated heterocycles. The van der Waals surface area contributed by atoms with Crippen molar-refractivity contribution in [3.8, 4) is 0 Å². The highest BCUT2D eigenvalue weighted by molar-refractivity contribution is 5.85. The Morgan fingerprint density at radius 3 is 2.13 bits per heavy atom. The lowest BCUT2D eigenvalue weighted by atomic mass is 10.0. The van der Waals surface area contributed by atoms with Gasteiger partial charge in [0.05, 0.1) is 6.04 Å². The van der Waals surface area contributed by atoms with E-state index in [1.165, 1.54) is 13.0 Å². The Balaban J connectivity index is 0.00000196. The van der Waals surface area contributed by atoms with Crippen LogP contribution in [-0.4, -0.2) is 6.43 Å². The van der Waals surface area contributed by atoms with Gasteiger partial charge in [-0.05, 0) is 12.5 Å². The van der Waals surface area contributed by atoms with Crippen molar-refractivity contribution in [2.24, 2.45) is 5.73 Å². The van der Waals surface area contributed by atoms with Crippen LogP contribution in [0.4, 0.5) is 17.6 Å². The molecule has 1 aromatic carbocycles. The molecule has 0 bridgehead atoms. The normalized spacial score (nSPS) is 12.5. The number of benzene rings is 1. The summed E-state index contributed by atoms with van der Waals surface area (Å²) in [6.07, 6.45) is -2.91. The van der Waals surface area contributed by atoms with Crippen molar-refractivity contribution in [2.45, 2.75) is 19.4 Å². The van der Waals surface area contributed by atoms with E-state index in [4.69, 9.17) is 5.73 Å². The summed E-state index contributed by atoms with van der Waals surface area (Å²) >= 11 is 0. The van der Waals surface area contributed by atoms with Crippen LogP contribution < -0.4 is 5.73 Å². The van der Waals surface area contributed by atoms with Gasteiger partial charge >= 0.3 is 0 Å². The second-order valence-electron chi connectivity index (χ2n) is 2.96. The molecule has 86 valence electrons. The summed E-state index contributed by atoms with van der Waals surface area (Å²) in [5.41, 5.74) is 4.57. The fraction of sp³-hybridized carbons (Fsp3) is 0.333. The molecule has 6 heteroatoms. The molecule has 1 nitrogen and oxygen atoms in total. The Bertz CT molecular complexity index is 343. The molecule has 0 saturated carbocycles. The minimum Gasteiger partial charge on any atom is -0.319 e. The molecule has 1 rings (SSSR count). The van der Waals surface area contributed by atoms with E-state index < -0.39 is 29.7 Å². The van der Waals surface area contributed by atoms with Crippen LogP contribution in [0.15, 0.2) is 12.1 Å². The highest BCUT2D eigenvalue weighted by Gasteiger charge is 2.23. The van der Waals surface area contributed by atoms with E-state index in [2.05, 4.69) is 0 Å². The predicted molar refractivity (Wildman–Crippen MR) is 51.3 cm³/mol. The smallest absolute Gasteiger partial charge is 0.257 e. The zero-order valence-electron chi connectivity index (χ0n) is 7.81. The third-order valence-corrected chi connectivity index (χ3v) is 1.94. The van der Waals surface area contributed by atoms with Crippen LogP contribution in [-0.2, 0) is 0 Å². The molecule has 1 atom stereocenters. The lowest BCUT2D eigenvalue weighted by molar-refractivity contribution is 0.114. The van der Waals surface area contributed by atoms with Gasteiger partial charge in [-0.15, -0.1) is 12.4 Å². The number of nitrogens with two attached hydrogens (primary N) is 1. The summed E-state index contributed by atoms with van der Waals surface area (Å²) < 4.78 is 50.2. The lowest BCUT2D eigenvalue weighted by Crippen LogP contribution is -2.21. The first-order valence-corrected chi connectivity index (χ1v) is 3.93. The molecule has 15 heavy (non-hydrogen) atoms. The Kier molecular flexibility index (Phi) is 5.03. The number of alkyl halides is 2. The van der Waals surface area contributed by atoms with Crippen LogP contribution in [0, 0.1) is 18.6 Å². The van der Waals surface area contributed by atoms with Gasteiger partial charge in [-0.2, -0.15) is 0 Å². The minimum absolute atomic E-state index is 0. The number of hydrogen-bond donors (Lipinski definition) is 1. The summed E-state index contributed by atoms with van der Waals surface area (Å²) in [5.74, 6) is -2.42. The van der Waals surface area contributed by atoms with E-state index in [0.29, 0.717) is 0 Å². The van der Waals surface area contributed by atoms with Gasteiger partial charge in [-0.1, -0.05) is 12.1 Å². The molecule has 0 aliphatic carbocycles. The Labute approximate surface area is 90.7 Å². The fourth-order valence-corrected chi connectivity index (χ4v) is 1.05. The summed E-state index contributed by atoms with van der Waals surface area (Å²) in [5, 5.41) is 0. The van der Waals surface area contributed by atoms with Gasteiger partial charge in [0.25, 0.3) is 6.43 Å². The molecule has 1 aromatic rings. The molecule has 0 radical (unpaired) electrons. The maximum absolute atomic E-state index is 13.1. The third kappa shape index (κ3) is 2.82. The largest absolute Gasteiger partial charge is 0.319 e. The topological polar surface area (TPSA) is 26.0 Å². The second kappa shape index (κ2) is 5.32. The standard InChI is InChI=1S/C9H9F4N.ClH/c1-4-2-3-5(7(11)6(4)10)8(14)9(12)13;/h2-3,8-9H,14H2,1H3;1H/t8-;/m1./s1. The van der Waals surface area contributed by atoms with Crippen molar-refractivity contribution in [3.05, 3.63) is 34.9 Å². The third-order valence-electron chi connectivity index (χ3n) is 1.94. The SMILES string of the molecule is Cc1ccc([C@@H](N)C(F)F)c(F)c1F.Cl. The molecular weight excluding hydrogens is 234 g/mol. The molecule has 0 aromatic heterocycles. The zero-order valence-corrected chi connectivity index (χ0v) is 8.62. The molecule has 2 N–H and O–H groups in total. The van der Waals surface area contributed by atoms with Crippen molar-refractivity contribution in [3.63, 3.8) is 0 Å². The summed E-state index contributed by atoms with van der Waals surface area (Å²) in [7, 11) is 0. The van der Waals surface area contributed by atoms with Crippen molar-refractivity contribution < 1.29 is 17.6 Å². The number of aryl methyl sites for hydroxylation is 1. The Morgan fingerprint density at radius 1 is 1.13 bits per heavy atom. The van der Waals surface area contributed by atoms with Gasteiger partial charge in [0.15, 0.2) is 11.6 Å². The average molecular weight is 244 g/mol. The van der Waals surface area contributed by atoms with Gasteiger partial charge in [-0.25, -0.2) is 17.6 Å². The van der Waals surface area contributed by atoms with Crippen molar-refractivity contribution in [2.75, 3.05) is 0 Å². The summed E-state index contributed by atoms with van der Waals surface area (Å²) in [4.78, 5) is 0. The van der Waals surface area contributed by atoms with Crippen molar-refractivity contribution in [1.82, 2.24) is 0 Å². The molecular formula is C9H10ClF4N. The van der Waals surface area contributed by atoms with Gasteiger partial charge in [0, 0.05) is 5.56 Å². The highest BCUT2D eigenvalue weighted by Crippen LogP contribution is 2.24. The quantitative estimate of drug-likeness (QED) is 0.794.